The highest BCUT2D eigenvalue weighted by molar-refractivity contribution is 5.61. The van der Waals surface area contributed by atoms with Gasteiger partial charge in [0.05, 0.1) is 0 Å². The Balaban J connectivity index is 5.84. The summed E-state index contributed by atoms with van der Waals surface area (Å²) in [7, 11) is 0. The van der Waals surface area contributed by atoms with Crippen molar-refractivity contribution in [3.05, 3.63) is 0 Å². The fraction of sp³-hybridized carbons (Fsp3) is 0.889. The Morgan fingerprint density at radius 2 is 0.600 bits per heavy atom. The Morgan fingerprint density at radius 3 is 0.767 bits per heavy atom. The maximum absolute atomic E-state index is 12.8. The van der Waals surface area contributed by atoms with Crippen molar-refractivity contribution in [3.63, 3.8) is 0 Å². The van der Waals surface area contributed by atoms with Crippen LogP contribution in [0.4, 0.5) is 83.8 Å². The normalized spacial score (nSPS) is 15.8. The van der Waals surface area contributed by atoms with E-state index in [0.29, 0.717) is 0 Å². The zero-order chi connectivity index (χ0) is 25.0. The van der Waals surface area contributed by atoms with Crippen LogP contribution in [0.1, 0.15) is 0 Å². The fourth-order valence-corrected chi connectivity index (χ4v) is 1.08. The third kappa shape index (κ3) is 4.23. The van der Waals surface area contributed by atoms with Crippen molar-refractivity contribution in [1.82, 2.24) is 0 Å². The predicted octanol–water partition coefficient (Wildman–Crippen LogP) is 5.99. The highest BCUT2D eigenvalue weighted by atomic mass is 19.4. The van der Waals surface area contributed by atoms with E-state index >= 15 is 0 Å². The summed E-state index contributed by atoms with van der Waals surface area (Å²) in [5, 5.41) is 0. The van der Waals surface area contributed by atoms with Gasteiger partial charge in [0.15, 0.2) is 0 Å². The average Bonchev–Trinajstić information content (AvgIpc) is 2.42. The lowest BCUT2D eigenvalue weighted by atomic mass is 10.1. The maximum atomic E-state index is 12.8. The Labute approximate surface area is 149 Å². The Hall–Kier alpha value is -1.99. The summed E-state index contributed by atoms with van der Waals surface area (Å²) in [5.41, 5.74) is 0. The Bertz CT molecular complexity index is 588. The summed E-state index contributed by atoms with van der Waals surface area (Å²) in [5.74, 6) is -31.2. The van der Waals surface area contributed by atoms with E-state index in [9.17, 15) is 83.8 Å². The smallest absolute Gasteiger partial charge is 0.363 e. The zero-order valence-electron chi connectivity index (χ0n) is 12.5. The summed E-state index contributed by atoms with van der Waals surface area (Å²) in [6.07, 6.45) is -34.5. The quantitative estimate of drug-likeness (QED) is 0.334. The first kappa shape index (κ1) is 28.0. The second-order valence-corrected chi connectivity index (χ2v) is 4.78. The van der Waals surface area contributed by atoms with Crippen LogP contribution >= 0.6 is 0 Å². The lowest BCUT2D eigenvalue weighted by molar-refractivity contribution is -0.449. The number of hydrogen-bond donors (Lipinski definition) is 0. The summed E-state index contributed by atoms with van der Waals surface area (Å²) >= 11 is 0. The highest BCUT2D eigenvalue weighted by Gasteiger charge is 2.86. The Kier molecular flexibility index (Phi) is 6.56. The van der Waals surface area contributed by atoms with Gasteiger partial charge in [0.1, 0.15) is 0 Å². The molecule has 0 bridgehead atoms. The van der Waals surface area contributed by atoms with E-state index in [2.05, 4.69) is 0 Å². The SMILES string of the molecule is O=C(OC(F)(F)C(F)(F)C(F)(F)C(F)(F)F)OC(F)(F)C(F)(F)C(F)(F)C(F)(F)F. The molecule has 180 valence electrons. The van der Waals surface area contributed by atoms with Crippen LogP contribution in [-0.4, -0.2) is 54.4 Å². The molecule has 0 atom stereocenters. The number of alkyl halides is 18. The molecule has 0 amide bonds. The molecule has 0 fully saturated rings. The van der Waals surface area contributed by atoms with E-state index in [1.54, 1.807) is 9.47 Å². The number of hydrogen-bond acceptors (Lipinski definition) is 3. The van der Waals surface area contributed by atoms with Gasteiger partial charge in [-0.05, 0) is 0 Å². The second kappa shape index (κ2) is 7.02. The molecular formula is C9F18O3. The van der Waals surface area contributed by atoms with Crippen molar-refractivity contribution in [2.75, 3.05) is 0 Å². The van der Waals surface area contributed by atoms with Crippen molar-refractivity contribution >= 4 is 6.16 Å². The molecule has 0 aromatic heterocycles. The van der Waals surface area contributed by atoms with Crippen LogP contribution in [0.3, 0.4) is 0 Å². The van der Waals surface area contributed by atoms with Crippen LogP contribution in [0.2, 0.25) is 0 Å². The van der Waals surface area contributed by atoms with Crippen molar-refractivity contribution in [3.8, 4) is 0 Å². The van der Waals surface area contributed by atoms with Gasteiger partial charge in [-0.1, -0.05) is 0 Å². The van der Waals surface area contributed by atoms with Gasteiger partial charge in [0.25, 0.3) is 0 Å². The summed E-state index contributed by atoms with van der Waals surface area (Å²) in [6.45, 7) is 0. The number of rotatable bonds is 6. The minimum atomic E-state index is -7.84. The third-order valence-corrected chi connectivity index (χ3v) is 2.65. The molecule has 30 heavy (non-hydrogen) atoms. The molecule has 21 heteroatoms. The van der Waals surface area contributed by atoms with Crippen LogP contribution < -0.4 is 0 Å². The van der Waals surface area contributed by atoms with E-state index in [1.165, 1.54) is 0 Å². The van der Waals surface area contributed by atoms with Gasteiger partial charge in [-0.15, -0.1) is 0 Å². The molecule has 0 heterocycles. The first-order valence-electron chi connectivity index (χ1n) is 5.92. The van der Waals surface area contributed by atoms with Crippen LogP contribution in [0, 0.1) is 0 Å². The molecular weight excluding hydrogens is 498 g/mol. The second-order valence-electron chi connectivity index (χ2n) is 4.78. The molecule has 0 aliphatic rings. The minimum Gasteiger partial charge on any atom is -0.363 e. The standard InChI is InChI=1S/C9F18O3/c10-2(11,6(18,19)20)4(14,15)8(24,25)29-1(28)30-9(26,27)5(16,17)3(12,13)7(21,22)23. The van der Waals surface area contributed by atoms with E-state index in [4.69, 9.17) is 0 Å². The van der Waals surface area contributed by atoms with Gasteiger partial charge >= 0.3 is 54.4 Å². The van der Waals surface area contributed by atoms with Crippen LogP contribution in [0.25, 0.3) is 0 Å². The summed E-state index contributed by atoms with van der Waals surface area (Å²) in [4.78, 5) is 10.4. The predicted molar refractivity (Wildman–Crippen MR) is 49.4 cm³/mol. The Morgan fingerprint density at radius 1 is 0.400 bits per heavy atom. The largest absolute Gasteiger partial charge is 0.518 e. The molecule has 0 aliphatic carbocycles. The molecule has 3 nitrogen and oxygen atoms in total. The topological polar surface area (TPSA) is 35.5 Å². The molecule has 0 saturated heterocycles. The monoisotopic (exact) mass is 498 g/mol. The van der Waals surface area contributed by atoms with Crippen molar-refractivity contribution in [1.29, 1.82) is 0 Å². The number of carbonyl (C=O) groups is 1. The summed E-state index contributed by atoms with van der Waals surface area (Å²) < 4.78 is 225. The maximum Gasteiger partial charge on any atom is 0.518 e. The van der Waals surface area contributed by atoms with Crippen LogP contribution in [0.15, 0.2) is 0 Å². The van der Waals surface area contributed by atoms with Gasteiger partial charge in [0, 0.05) is 0 Å². The lowest BCUT2D eigenvalue weighted by Crippen LogP contribution is -2.63. The van der Waals surface area contributed by atoms with E-state index in [0.717, 1.165) is 0 Å². The van der Waals surface area contributed by atoms with E-state index < -0.39 is 54.4 Å². The molecule has 0 spiro atoms. The van der Waals surface area contributed by atoms with E-state index in [-0.39, 0.29) is 0 Å². The van der Waals surface area contributed by atoms with Crippen molar-refractivity contribution in [2.45, 2.75) is 48.3 Å². The fourth-order valence-electron chi connectivity index (χ4n) is 1.08. The zero-order valence-corrected chi connectivity index (χ0v) is 12.5. The molecule has 0 radical (unpaired) electrons. The number of ether oxygens (including phenoxy) is 2. The average molecular weight is 498 g/mol. The third-order valence-electron chi connectivity index (χ3n) is 2.65. The molecule has 0 N–H and O–H groups in total. The van der Waals surface area contributed by atoms with E-state index in [1.807, 2.05) is 0 Å². The van der Waals surface area contributed by atoms with Gasteiger partial charge in [-0.2, -0.15) is 79.0 Å². The van der Waals surface area contributed by atoms with Crippen LogP contribution in [-0.2, 0) is 9.47 Å². The molecule has 0 saturated carbocycles. The van der Waals surface area contributed by atoms with Gasteiger partial charge in [-0.3, -0.25) is 0 Å². The van der Waals surface area contributed by atoms with Gasteiger partial charge < -0.3 is 9.47 Å². The molecule has 0 rings (SSSR count). The van der Waals surface area contributed by atoms with Crippen LogP contribution in [0.5, 0.6) is 0 Å². The van der Waals surface area contributed by atoms with Crippen molar-refractivity contribution in [2.24, 2.45) is 0 Å². The van der Waals surface area contributed by atoms with Gasteiger partial charge in [-0.25, -0.2) is 4.79 Å². The molecule has 0 unspecified atom stereocenters. The molecule has 0 aromatic carbocycles. The molecule has 0 aromatic rings. The van der Waals surface area contributed by atoms with Crippen molar-refractivity contribution < 1.29 is 93.3 Å². The first-order valence-corrected chi connectivity index (χ1v) is 5.92. The number of halogens is 18. The minimum absolute atomic E-state index is 1.65. The molecule has 0 aliphatic heterocycles. The van der Waals surface area contributed by atoms with Gasteiger partial charge in [0.2, 0.25) is 0 Å². The lowest BCUT2D eigenvalue weighted by Gasteiger charge is -2.34. The highest BCUT2D eigenvalue weighted by Crippen LogP contribution is 2.55. The number of carbonyl (C=O) groups excluding carboxylic acids is 1. The summed E-state index contributed by atoms with van der Waals surface area (Å²) in [6, 6.07) is 0. The first-order chi connectivity index (χ1) is 12.6.